The molecule has 0 saturated heterocycles. The minimum atomic E-state index is -0.446. The van der Waals surface area contributed by atoms with Crippen LogP contribution in [0.1, 0.15) is 11.8 Å². The Kier molecular flexibility index (Phi) is 3.90. The van der Waals surface area contributed by atoms with Crippen LogP contribution >= 0.6 is 27.3 Å². The molecule has 0 fully saturated rings. The van der Waals surface area contributed by atoms with Crippen molar-refractivity contribution in [3.63, 3.8) is 0 Å². The molecule has 1 aromatic rings. The highest BCUT2D eigenvalue weighted by molar-refractivity contribution is 9.10. The molecular formula is C8H11BrN2OS. The molecule has 0 bridgehead atoms. The van der Waals surface area contributed by atoms with Gasteiger partial charge in [-0.1, -0.05) is 0 Å². The first-order chi connectivity index (χ1) is 6.11. The van der Waals surface area contributed by atoms with Crippen molar-refractivity contribution in [1.82, 2.24) is 5.32 Å². The van der Waals surface area contributed by atoms with Crippen molar-refractivity contribution in [1.29, 1.82) is 0 Å². The largest absolute Gasteiger partial charge is 0.350 e. The second-order valence-corrected chi connectivity index (χ2v) is 4.55. The molecule has 3 nitrogen and oxygen atoms in total. The van der Waals surface area contributed by atoms with E-state index in [0.717, 1.165) is 9.35 Å². The Morgan fingerprint density at radius 1 is 1.85 bits per heavy atom. The first kappa shape index (κ1) is 10.7. The first-order valence-electron chi connectivity index (χ1n) is 3.86. The fourth-order valence-corrected chi connectivity index (χ4v) is 2.21. The Hall–Kier alpha value is -0.390. The molecule has 0 radical (unpaired) electrons. The molecule has 1 rings (SSSR count). The summed E-state index contributed by atoms with van der Waals surface area (Å²) in [7, 11) is 0. The quantitative estimate of drug-likeness (QED) is 0.867. The van der Waals surface area contributed by atoms with Gasteiger partial charge in [0, 0.05) is 9.35 Å². The lowest BCUT2D eigenvalue weighted by atomic mass is 10.3. The Morgan fingerprint density at radius 3 is 3.00 bits per heavy atom. The summed E-state index contributed by atoms with van der Waals surface area (Å²) in [6.45, 7) is 2.21. The SMILES string of the molecule is CC(N)C(=O)NCc1sccc1Br. The molecule has 0 aliphatic heterocycles. The number of carbonyl (C=O) groups is 1. The summed E-state index contributed by atoms with van der Waals surface area (Å²) < 4.78 is 1.03. The second kappa shape index (κ2) is 4.74. The summed E-state index contributed by atoms with van der Waals surface area (Å²) in [6, 6.07) is 1.51. The van der Waals surface area contributed by atoms with Crippen LogP contribution in [0.25, 0.3) is 0 Å². The molecule has 0 saturated carbocycles. The van der Waals surface area contributed by atoms with Crippen LogP contribution in [0.15, 0.2) is 15.9 Å². The molecule has 0 aliphatic rings. The highest BCUT2D eigenvalue weighted by atomic mass is 79.9. The van der Waals surface area contributed by atoms with Crippen LogP contribution in [0.4, 0.5) is 0 Å². The maximum absolute atomic E-state index is 11.1. The lowest BCUT2D eigenvalue weighted by molar-refractivity contribution is -0.122. The zero-order chi connectivity index (χ0) is 9.84. The molecule has 0 spiro atoms. The van der Waals surface area contributed by atoms with Gasteiger partial charge in [0.25, 0.3) is 0 Å². The number of carbonyl (C=O) groups excluding carboxylic acids is 1. The van der Waals surface area contributed by atoms with Crippen LogP contribution < -0.4 is 11.1 Å². The molecule has 1 heterocycles. The Bertz CT molecular complexity index is 298. The van der Waals surface area contributed by atoms with Crippen molar-refractivity contribution in [3.05, 3.63) is 20.8 Å². The van der Waals surface area contributed by atoms with E-state index in [1.807, 2.05) is 11.4 Å². The fraction of sp³-hybridized carbons (Fsp3) is 0.375. The van der Waals surface area contributed by atoms with E-state index in [1.165, 1.54) is 0 Å². The third kappa shape index (κ3) is 3.10. The minimum Gasteiger partial charge on any atom is -0.350 e. The molecule has 0 aliphatic carbocycles. The summed E-state index contributed by atoms with van der Waals surface area (Å²) in [4.78, 5) is 12.2. The van der Waals surface area contributed by atoms with Crippen molar-refractivity contribution in [3.8, 4) is 0 Å². The lowest BCUT2D eigenvalue weighted by Crippen LogP contribution is -2.37. The second-order valence-electron chi connectivity index (χ2n) is 2.70. The molecule has 1 aromatic heterocycles. The van der Waals surface area contributed by atoms with E-state index in [4.69, 9.17) is 5.73 Å². The van der Waals surface area contributed by atoms with Gasteiger partial charge in [0.15, 0.2) is 0 Å². The van der Waals surface area contributed by atoms with E-state index in [2.05, 4.69) is 21.2 Å². The molecule has 13 heavy (non-hydrogen) atoms. The maximum Gasteiger partial charge on any atom is 0.236 e. The lowest BCUT2D eigenvalue weighted by Gasteiger charge is -2.06. The highest BCUT2D eigenvalue weighted by Gasteiger charge is 2.07. The van der Waals surface area contributed by atoms with Gasteiger partial charge in [0.05, 0.1) is 12.6 Å². The zero-order valence-electron chi connectivity index (χ0n) is 7.21. The smallest absolute Gasteiger partial charge is 0.236 e. The van der Waals surface area contributed by atoms with Gasteiger partial charge in [0.1, 0.15) is 0 Å². The molecule has 72 valence electrons. The van der Waals surface area contributed by atoms with E-state index < -0.39 is 6.04 Å². The van der Waals surface area contributed by atoms with E-state index in [-0.39, 0.29) is 5.91 Å². The summed E-state index contributed by atoms with van der Waals surface area (Å²) in [6.07, 6.45) is 0. The number of hydrogen-bond acceptors (Lipinski definition) is 3. The summed E-state index contributed by atoms with van der Waals surface area (Å²) in [5.74, 6) is -0.125. The van der Waals surface area contributed by atoms with Gasteiger partial charge in [0.2, 0.25) is 5.91 Å². The van der Waals surface area contributed by atoms with Crippen molar-refractivity contribution in [2.75, 3.05) is 0 Å². The van der Waals surface area contributed by atoms with Crippen LogP contribution in [0.5, 0.6) is 0 Å². The first-order valence-corrected chi connectivity index (χ1v) is 5.53. The Morgan fingerprint density at radius 2 is 2.54 bits per heavy atom. The van der Waals surface area contributed by atoms with Crippen LogP contribution in [0, 0.1) is 0 Å². The highest BCUT2D eigenvalue weighted by Crippen LogP contribution is 2.21. The molecule has 1 atom stereocenters. The molecule has 1 unspecified atom stereocenters. The van der Waals surface area contributed by atoms with E-state index >= 15 is 0 Å². The monoisotopic (exact) mass is 262 g/mol. The molecule has 0 aromatic carbocycles. The molecule has 5 heteroatoms. The molecule has 3 N–H and O–H groups in total. The zero-order valence-corrected chi connectivity index (χ0v) is 9.61. The minimum absolute atomic E-state index is 0.125. The van der Waals surface area contributed by atoms with Gasteiger partial charge in [-0.15, -0.1) is 11.3 Å². The van der Waals surface area contributed by atoms with Crippen molar-refractivity contribution < 1.29 is 4.79 Å². The number of nitrogens with two attached hydrogens (primary N) is 1. The third-order valence-corrected chi connectivity index (χ3v) is 3.45. The van der Waals surface area contributed by atoms with Crippen molar-refractivity contribution >= 4 is 33.2 Å². The average molecular weight is 263 g/mol. The van der Waals surface area contributed by atoms with E-state index in [1.54, 1.807) is 18.3 Å². The van der Waals surface area contributed by atoms with E-state index in [0.29, 0.717) is 6.54 Å². The third-order valence-electron chi connectivity index (χ3n) is 1.53. The summed E-state index contributed by atoms with van der Waals surface area (Å²) in [5, 5.41) is 4.71. The van der Waals surface area contributed by atoms with Gasteiger partial charge in [-0.05, 0) is 34.3 Å². The van der Waals surface area contributed by atoms with Crippen molar-refractivity contribution in [2.45, 2.75) is 19.5 Å². The van der Waals surface area contributed by atoms with Crippen LogP contribution in [0.2, 0.25) is 0 Å². The van der Waals surface area contributed by atoms with Crippen LogP contribution in [0.3, 0.4) is 0 Å². The summed E-state index contributed by atoms with van der Waals surface area (Å²) in [5.41, 5.74) is 5.39. The Labute approximate surface area is 89.5 Å². The van der Waals surface area contributed by atoms with Crippen LogP contribution in [-0.4, -0.2) is 11.9 Å². The molecule has 1 amide bonds. The van der Waals surface area contributed by atoms with Crippen LogP contribution in [-0.2, 0) is 11.3 Å². The van der Waals surface area contributed by atoms with Gasteiger partial charge < -0.3 is 11.1 Å². The standard InChI is InChI=1S/C8H11BrN2OS/c1-5(10)8(12)11-4-7-6(9)2-3-13-7/h2-3,5H,4,10H2,1H3,(H,11,12). The number of hydrogen-bond donors (Lipinski definition) is 2. The fourth-order valence-electron chi connectivity index (χ4n) is 0.780. The normalized spacial score (nSPS) is 12.5. The van der Waals surface area contributed by atoms with Crippen molar-refractivity contribution in [2.24, 2.45) is 5.73 Å². The van der Waals surface area contributed by atoms with Gasteiger partial charge in [-0.2, -0.15) is 0 Å². The number of amides is 1. The van der Waals surface area contributed by atoms with E-state index in [9.17, 15) is 4.79 Å². The van der Waals surface area contributed by atoms with Gasteiger partial charge in [-0.25, -0.2) is 0 Å². The number of thiophene rings is 1. The predicted molar refractivity (Wildman–Crippen MR) is 57.5 cm³/mol. The topological polar surface area (TPSA) is 55.1 Å². The Balaban J connectivity index is 2.44. The van der Waals surface area contributed by atoms with Gasteiger partial charge >= 0.3 is 0 Å². The maximum atomic E-state index is 11.1. The van der Waals surface area contributed by atoms with Gasteiger partial charge in [-0.3, -0.25) is 4.79 Å². The average Bonchev–Trinajstić information content (AvgIpc) is 2.47. The number of nitrogens with one attached hydrogen (secondary N) is 1. The predicted octanol–water partition coefficient (Wildman–Crippen LogP) is 1.47. The summed E-state index contributed by atoms with van der Waals surface area (Å²) >= 11 is 4.98. The number of halogens is 1. The molecular weight excluding hydrogens is 252 g/mol. The number of rotatable bonds is 3.